The number of thiophene rings is 1. The number of carbonyl (C=O) groups is 1. The minimum absolute atomic E-state index is 0.0648. The Kier molecular flexibility index (Phi) is 4.52. The van der Waals surface area contributed by atoms with Crippen LogP contribution in [0.4, 0.5) is 13.2 Å². The molecule has 1 heterocycles. The third-order valence-corrected chi connectivity index (χ3v) is 3.52. The van der Waals surface area contributed by atoms with Gasteiger partial charge in [-0.05, 0) is 29.1 Å². The lowest BCUT2D eigenvalue weighted by atomic mass is 10.1. The maximum Gasteiger partial charge on any atom is 0.416 e. The molecule has 0 N–H and O–H groups in total. The van der Waals surface area contributed by atoms with E-state index in [0.717, 1.165) is 23.5 Å². The van der Waals surface area contributed by atoms with Gasteiger partial charge in [0.05, 0.1) is 12.7 Å². The molecule has 0 bridgehead atoms. The molecule has 2 aromatic rings. The second kappa shape index (κ2) is 6.17. The Morgan fingerprint density at radius 3 is 2.71 bits per heavy atom. The SMILES string of the molecule is COC(=O)c1sccc1OCc1cccc(C(F)(F)F)c1. The minimum atomic E-state index is -4.39. The number of rotatable bonds is 4. The summed E-state index contributed by atoms with van der Waals surface area (Å²) in [6, 6.07) is 6.43. The summed E-state index contributed by atoms with van der Waals surface area (Å²) in [7, 11) is 1.25. The van der Waals surface area contributed by atoms with Crippen LogP contribution in [0.25, 0.3) is 0 Å². The fraction of sp³-hybridized carbons (Fsp3) is 0.214. The standard InChI is InChI=1S/C14H11F3O3S/c1-19-13(18)12-11(5-6-21-12)20-8-9-3-2-4-10(7-9)14(15,16)17/h2-7H,8H2,1H3. The summed E-state index contributed by atoms with van der Waals surface area (Å²) >= 11 is 1.15. The van der Waals surface area contributed by atoms with E-state index in [1.165, 1.54) is 19.2 Å². The van der Waals surface area contributed by atoms with Gasteiger partial charge in [-0.2, -0.15) is 13.2 Å². The van der Waals surface area contributed by atoms with E-state index < -0.39 is 17.7 Å². The van der Waals surface area contributed by atoms with Gasteiger partial charge in [0.2, 0.25) is 0 Å². The number of alkyl halides is 3. The molecule has 1 aromatic heterocycles. The molecule has 1 aromatic carbocycles. The molecule has 0 spiro atoms. The Hall–Kier alpha value is -2.02. The van der Waals surface area contributed by atoms with E-state index in [-0.39, 0.29) is 11.5 Å². The van der Waals surface area contributed by atoms with Gasteiger partial charge < -0.3 is 9.47 Å². The van der Waals surface area contributed by atoms with Crippen LogP contribution in [-0.2, 0) is 17.5 Å². The summed E-state index contributed by atoms with van der Waals surface area (Å²) in [5.74, 6) is -0.242. The summed E-state index contributed by atoms with van der Waals surface area (Å²) in [6.07, 6.45) is -4.39. The molecule has 0 aliphatic carbocycles. The predicted molar refractivity (Wildman–Crippen MR) is 71.4 cm³/mol. The quantitative estimate of drug-likeness (QED) is 0.796. The summed E-state index contributed by atoms with van der Waals surface area (Å²) in [5, 5.41) is 1.65. The molecule has 112 valence electrons. The molecule has 0 atom stereocenters. The van der Waals surface area contributed by atoms with Crippen molar-refractivity contribution in [2.45, 2.75) is 12.8 Å². The van der Waals surface area contributed by atoms with E-state index in [1.54, 1.807) is 11.4 Å². The molecule has 0 amide bonds. The van der Waals surface area contributed by atoms with Crippen molar-refractivity contribution < 1.29 is 27.4 Å². The van der Waals surface area contributed by atoms with Crippen LogP contribution in [-0.4, -0.2) is 13.1 Å². The molecule has 0 saturated carbocycles. The van der Waals surface area contributed by atoms with Crippen molar-refractivity contribution in [2.75, 3.05) is 7.11 Å². The Balaban J connectivity index is 2.11. The van der Waals surface area contributed by atoms with Gasteiger partial charge >= 0.3 is 12.1 Å². The van der Waals surface area contributed by atoms with E-state index in [0.29, 0.717) is 11.3 Å². The highest BCUT2D eigenvalue weighted by Gasteiger charge is 2.30. The molecule has 0 aliphatic heterocycles. The molecular weight excluding hydrogens is 305 g/mol. The number of hydrogen-bond acceptors (Lipinski definition) is 4. The lowest BCUT2D eigenvalue weighted by molar-refractivity contribution is -0.137. The van der Waals surface area contributed by atoms with Gasteiger partial charge in [-0.3, -0.25) is 0 Å². The van der Waals surface area contributed by atoms with Gasteiger partial charge in [0.1, 0.15) is 12.4 Å². The molecule has 0 radical (unpaired) electrons. The van der Waals surface area contributed by atoms with E-state index in [4.69, 9.17) is 4.74 Å². The van der Waals surface area contributed by atoms with Crippen molar-refractivity contribution in [3.8, 4) is 5.75 Å². The largest absolute Gasteiger partial charge is 0.487 e. The van der Waals surface area contributed by atoms with Crippen LogP contribution in [0.5, 0.6) is 5.75 Å². The Bertz CT molecular complexity index is 634. The lowest BCUT2D eigenvalue weighted by Gasteiger charge is -2.10. The molecule has 21 heavy (non-hydrogen) atoms. The number of ether oxygens (including phenoxy) is 2. The van der Waals surface area contributed by atoms with Crippen LogP contribution in [0.15, 0.2) is 35.7 Å². The second-order valence-electron chi connectivity index (χ2n) is 4.09. The van der Waals surface area contributed by atoms with Crippen LogP contribution in [0.1, 0.15) is 20.8 Å². The Morgan fingerprint density at radius 2 is 2.05 bits per heavy atom. The monoisotopic (exact) mass is 316 g/mol. The van der Waals surface area contributed by atoms with Gasteiger partial charge in [-0.15, -0.1) is 11.3 Å². The van der Waals surface area contributed by atoms with Crippen molar-refractivity contribution in [3.63, 3.8) is 0 Å². The molecular formula is C14H11F3O3S. The van der Waals surface area contributed by atoms with E-state index in [9.17, 15) is 18.0 Å². The molecule has 0 saturated heterocycles. The zero-order valence-electron chi connectivity index (χ0n) is 10.9. The maximum atomic E-state index is 12.6. The van der Waals surface area contributed by atoms with Crippen LogP contribution in [0.3, 0.4) is 0 Å². The summed E-state index contributed by atoms with van der Waals surface area (Å²) in [6.45, 7) is -0.0648. The van der Waals surface area contributed by atoms with Gasteiger partial charge in [-0.25, -0.2) is 4.79 Å². The predicted octanol–water partition coefficient (Wildman–Crippen LogP) is 4.13. The van der Waals surface area contributed by atoms with Crippen molar-refractivity contribution in [2.24, 2.45) is 0 Å². The van der Waals surface area contributed by atoms with E-state index in [2.05, 4.69) is 4.74 Å². The van der Waals surface area contributed by atoms with Crippen LogP contribution in [0, 0.1) is 0 Å². The lowest BCUT2D eigenvalue weighted by Crippen LogP contribution is -2.06. The van der Waals surface area contributed by atoms with Gasteiger partial charge in [0, 0.05) is 0 Å². The first-order chi connectivity index (χ1) is 9.91. The van der Waals surface area contributed by atoms with Crippen LogP contribution < -0.4 is 4.74 Å². The van der Waals surface area contributed by atoms with Gasteiger partial charge in [-0.1, -0.05) is 12.1 Å². The summed E-state index contributed by atoms with van der Waals surface area (Å²) in [4.78, 5) is 11.7. The van der Waals surface area contributed by atoms with E-state index in [1.807, 2.05) is 0 Å². The highest BCUT2D eigenvalue weighted by Crippen LogP contribution is 2.30. The highest BCUT2D eigenvalue weighted by molar-refractivity contribution is 7.12. The van der Waals surface area contributed by atoms with Gasteiger partial charge in [0.25, 0.3) is 0 Å². The minimum Gasteiger partial charge on any atom is -0.487 e. The molecule has 2 rings (SSSR count). The van der Waals surface area contributed by atoms with Gasteiger partial charge in [0.15, 0.2) is 4.88 Å². The average molecular weight is 316 g/mol. The number of carbonyl (C=O) groups excluding carboxylic acids is 1. The molecule has 7 heteroatoms. The zero-order chi connectivity index (χ0) is 15.5. The zero-order valence-corrected chi connectivity index (χ0v) is 11.8. The van der Waals surface area contributed by atoms with Crippen LogP contribution >= 0.6 is 11.3 Å². The van der Waals surface area contributed by atoms with Crippen molar-refractivity contribution in [3.05, 3.63) is 51.7 Å². The Morgan fingerprint density at radius 1 is 1.29 bits per heavy atom. The first-order valence-electron chi connectivity index (χ1n) is 5.86. The van der Waals surface area contributed by atoms with Crippen molar-refractivity contribution in [1.82, 2.24) is 0 Å². The number of halogens is 3. The number of hydrogen-bond donors (Lipinski definition) is 0. The maximum absolute atomic E-state index is 12.6. The average Bonchev–Trinajstić information content (AvgIpc) is 2.92. The fourth-order valence-electron chi connectivity index (χ4n) is 1.65. The number of esters is 1. The first-order valence-corrected chi connectivity index (χ1v) is 6.74. The third kappa shape index (κ3) is 3.75. The Labute approximate surface area is 122 Å². The summed E-state index contributed by atoms with van der Waals surface area (Å²) < 4.78 is 47.8. The normalized spacial score (nSPS) is 11.2. The highest BCUT2D eigenvalue weighted by atomic mass is 32.1. The molecule has 0 unspecified atom stereocenters. The van der Waals surface area contributed by atoms with Crippen LogP contribution in [0.2, 0.25) is 0 Å². The topological polar surface area (TPSA) is 35.5 Å². The smallest absolute Gasteiger partial charge is 0.416 e. The molecule has 0 aliphatic rings. The third-order valence-electron chi connectivity index (χ3n) is 2.65. The first kappa shape index (κ1) is 15.4. The number of methoxy groups -OCH3 is 1. The number of benzene rings is 1. The molecule has 3 nitrogen and oxygen atoms in total. The fourth-order valence-corrected chi connectivity index (χ4v) is 2.40. The second-order valence-corrected chi connectivity index (χ2v) is 5.01. The van der Waals surface area contributed by atoms with E-state index >= 15 is 0 Å². The van der Waals surface area contributed by atoms with Crippen molar-refractivity contribution >= 4 is 17.3 Å². The van der Waals surface area contributed by atoms with Crippen molar-refractivity contribution in [1.29, 1.82) is 0 Å². The summed E-state index contributed by atoms with van der Waals surface area (Å²) in [5.41, 5.74) is -0.367. The molecule has 0 fully saturated rings.